The van der Waals surface area contributed by atoms with Crippen LogP contribution in [0.1, 0.15) is 0 Å². The highest BCUT2D eigenvalue weighted by Gasteiger charge is 2.28. The summed E-state index contributed by atoms with van der Waals surface area (Å²) >= 11 is 1.08. The number of aromatic nitrogens is 3. The standard InChI is InChI=1S/C17H12N4O3S2/c22-26(23,21-17-20-18-11-25-17)16-14(12-7-3-1-4-8-12)24-15(19-16)13-9-5-2-6-10-13/h1-11H,(H,20,21). The minimum absolute atomic E-state index is 0.160. The van der Waals surface area contributed by atoms with Crippen LogP contribution in [0.2, 0.25) is 0 Å². The van der Waals surface area contributed by atoms with Crippen molar-refractivity contribution < 1.29 is 12.8 Å². The molecule has 0 atom stereocenters. The molecule has 1 N–H and O–H groups in total. The molecule has 0 fully saturated rings. The van der Waals surface area contributed by atoms with E-state index in [2.05, 4.69) is 19.9 Å². The quantitative estimate of drug-likeness (QED) is 0.564. The molecule has 2 heterocycles. The van der Waals surface area contributed by atoms with Crippen molar-refractivity contribution in [3.05, 3.63) is 66.2 Å². The first-order valence-electron chi connectivity index (χ1n) is 7.54. The average molecular weight is 384 g/mol. The first-order valence-corrected chi connectivity index (χ1v) is 9.90. The van der Waals surface area contributed by atoms with Crippen molar-refractivity contribution in [3.63, 3.8) is 0 Å². The Morgan fingerprint density at radius 2 is 1.58 bits per heavy atom. The normalized spacial score (nSPS) is 11.4. The van der Waals surface area contributed by atoms with Crippen LogP contribution in [0.5, 0.6) is 0 Å². The monoisotopic (exact) mass is 384 g/mol. The summed E-state index contributed by atoms with van der Waals surface area (Å²) in [6, 6.07) is 18.1. The van der Waals surface area contributed by atoms with Crippen LogP contribution in [0.4, 0.5) is 5.13 Å². The van der Waals surface area contributed by atoms with Crippen molar-refractivity contribution in [2.45, 2.75) is 5.03 Å². The number of rotatable bonds is 5. The van der Waals surface area contributed by atoms with Gasteiger partial charge in [0.25, 0.3) is 10.0 Å². The summed E-state index contributed by atoms with van der Waals surface area (Å²) in [5, 5.41) is 7.31. The molecule has 0 aliphatic rings. The van der Waals surface area contributed by atoms with E-state index < -0.39 is 10.0 Å². The lowest BCUT2D eigenvalue weighted by Crippen LogP contribution is -2.14. The summed E-state index contributed by atoms with van der Waals surface area (Å²) in [4.78, 5) is 4.25. The minimum Gasteiger partial charge on any atom is -0.435 e. The summed E-state index contributed by atoms with van der Waals surface area (Å²) < 4.78 is 33.9. The maximum absolute atomic E-state index is 12.8. The molecule has 0 aliphatic heterocycles. The van der Waals surface area contributed by atoms with Gasteiger partial charge >= 0.3 is 0 Å². The molecular formula is C17H12N4O3S2. The number of benzene rings is 2. The van der Waals surface area contributed by atoms with Crippen LogP contribution in [0, 0.1) is 0 Å². The van der Waals surface area contributed by atoms with E-state index in [4.69, 9.17) is 4.42 Å². The van der Waals surface area contributed by atoms with Crippen molar-refractivity contribution >= 4 is 26.5 Å². The van der Waals surface area contributed by atoms with Crippen LogP contribution in [-0.2, 0) is 10.0 Å². The van der Waals surface area contributed by atoms with Gasteiger partial charge in [-0.2, -0.15) is 13.4 Å². The fourth-order valence-electron chi connectivity index (χ4n) is 2.35. The van der Waals surface area contributed by atoms with Gasteiger partial charge in [-0.3, -0.25) is 4.72 Å². The second kappa shape index (κ2) is 6.70. The lowest BCUT2D eigenvalue weighted by Gasteiger charge is -2.03. The minimum atomic E-state index is -4.00. The third kappa shape index (κ3) is 3.22. The predicted octanol–water partition coefficient (Wildman–Crippen LogP) is 3.66. The Hall–Kier alpha value is -3.04. The van der Waals surface area contributed by atoms with E-state index in [1.807, 2.05) is 24.3 Å². The number of nitrogens with one attached hydrogen (secondary N) is 1. The van der Waals surface area contributed by atoms with E-state index >= 15 is 0 Å². The molecule has 0 saturated carbocycles. The van der Waals surface area contributed by atoms with E-state index in [-0.39, 0.29) is 21.8 Å². The fraction of sp³-hybridized carbons (Fsp3) is 0. The van der Waals surface area contributed by atoms with Crippen LogP contribution in [0.15, 0.2) is 75.6 Å². The maximum Gasteiger partial charge on any atom is 0.285 e. The van der Waals surface area contributed by atoms with Gasteiger partial charge in [-0.05, 0) is 12.1 Å². The summed E-state index contributed by atoms with van der Waals surface area (Å²) in [7, 11) is -4.00. The molecule has 2 aromatic carbocycles. The highest BCUT2D eigenvalue weighted by molar-refractivity contribution is 7.93. The third-order valence-corrected chi connectivity index (χ3v) is 5.47. The predicted molar refractivity (Wildman–Crippen MR) is 98.1 cm³/mol. The second-order valence-electron chi connectivity index (χ2n) is 5.23. The third-order valence-electron chi connectivity index (χ3n) is 3.49. The first-order chi connectivity index (χ1) is 12.6. The van der Waals surface area contributed by atoms with Crippen LogP contribution >= 0.6 is 11.3 Å². The number of nitrogens with zero attached hydrogens (tertiary/aromatic N) is 3. The summed E-state index contributed by atoms with van der Waals surface area (Å²) in [5.74, 6) is 0.392. The number of sulfonamides is 1. The number of anilines is 1. The molecule has 0 radical (unpaired) electrons. The van der Waals surface area contributed by atoms with E-state index in [0.29, 0.717) is 11.1 Å². The van der Waals surface area contributed by atoms with Crippen molar-refractivity contribution in [1.82, 2.24) is 15.2 Å². The van der Waals surface area contributed by atoms with Crippen LogP contribution in [-0.4, -0.2) is 23.6 Å². The van der Waals surface area contributed by atoms with Gasteiger partial charge in [-0.15, -0.1) is 10.2 Å². The Morgan fingerprint density at radius 1 is 0.923 bits per heavy atom. The van der Waals surface area contributed by atoms with E-state index in [1.165, 1.54) is 5.51 Å². The molecule has 7 nitrogen and oxygen atoms in total. The summed E-state index contributed by atoms with van der Waals surface area (Å²) in [6.07, 6.45) is 0. The smallest absolute Gasteiger partial charge is 0.285 e. The molecule has 4 aromatic rings. The molecule has 2 aromatic heterocycles. The van der Waals surface area contributed by atoms with Gasteiger partial charge in [0.2, 0.25) is 16.0 Å². The summed E-state index contributed by atoms with van der Waals surface area (Å²) in [5.41, 5.74) is 2.73. The van der Waals surface area contributed by atoms with Gasteiger partial charge in [0.15, 0.2) is 5.76 Å². The molecular weight excluding hydrogens is 372 g/mol. The number of hydrogen-bond acceptors (Lipinski definition) is 7. The fourth-order valence-corrected chi connectivity index (χ4v) is 4.13. The van der Waals surface area contributed by atoms with Gasteiger partial charge < -0.3 is 4.42 Å². The average Bonchev–Trinajstić information content (AvgIpc) is 3.33. The van der Waals surface area contributed by atoms with Crippen molar-refractivity contribution in [3.8, 4) is 22.8 Å². The van der Waals surface area contributed by atoms with Crippen molar-refractivity contribution in [2.75, 3.05) is 4.72 Å². The number of oxazole rings is 1. The molecule has 0 amide bonds. The topological polar surface area (TPSA) is 98.0 Å². The Balaban J connectivity index is 1.86. The van der Waals surface area contributed by atoms with Gasteiger partial charge in [-0.1, -0.05) is 59.9 Å². The van der Waals surface area contributed by atoms with Crippen LogP contribution in [0.3, 0.4) is 0 Å². The molecule has 0 spiro atoms. The molecule has 4 rings (SSSR count). The SMILES string of the molecule is O=S(=O)(Nc1nncs1)c1nc(-c2ccccc2)oc1-c1ccccc1. The molecule has 0 unspecified atom stereocenters. The first kappa shape index (κ1) is 16.4. The molecule has 0 aliphatic carbocycles. The lowest BCUT2D eigenvalue weighted by molar-refractivity contribution is 0.581. The Bertz CT molecular complexity index is 1110. The highest BCUT2D eigenvalue weighted by atomic mass is 32.2. The highest BCUT2D eigenvalue weighted by Crippen LogP contribution is 2.33. The lowest BCUT2D eigenvalue weighted by atomic mass is 10.2. The molecule has 0 saturated heterocycles. The van der Waals surface area contributed by atoms with Crippen molar-refractivity contribution in [1.29, 1.82) is 0 Å². The van der Waals surface area contributed by atoms with Gasteiger partial charge in [0.1, 0.15) is 5.51 Å². The Labute approximate surface area is 153 Å². The Kier molecular flexibility index (Phi) is 4.23. The van der Waals surface area contributed by atoms with Crippen LogP contribution < -0.4 is 4.72 Å². The van der Waals surface area contributed by atoms with Crippen molar-refractivity contribution in [2.24, 2.45) is 0 Å². The largest absolute Gasteiger partial charge is 0.435 e. The van der Waals surface area contributed by atoms with Gasteiger partial charge in [-0.25, -0.2) is 0 Å². The van der Waals surface area contributed by atoms with E-state index in [0.717, 1.165) is 11.3 Å². The van der Waals surface area contributed by atoms with Gasteiger partial charge in [0, 0.05) is 11.1 Å². The van der Waals surface area contributed by atoms with Gasteiger partial charge in [0.05, 0.1) is 0 Å². The second-order valence-corrected chi connectivity index (χ2v) is 7.67. The molecule has 9 heteroatoms. The van der Waals surface area contributed by atoms with Crippen LogP contribution in [0.25, 0.3) is 22.8 Å². The Morgan fingerprint density at radius 3 is 2.19 bits per heavy atom. The zero-order chi connectivity index (χ0) is 18.0. The summed E-state index contributed by atoms with van der Waals surface area (Å²) in [6.45, 7) is 0. The zero-order valence-corrected chi connectivity index (χ0v) is 14.9. The molecule has 26 heavy (non-hydrogen) atoms. The van der Waals surface area contributed by atoms with E-state index in [9.17, 15) is 8.42 Å². The zero-order valence-electron chi connectivity index (χ0n) is 13.2. The molecule has 0 bridgehead atoms. The number of hydrogen-bond donors (Lipinski definition) is 1. The molecule has 130 valence electrons. The van der Waals surface area contributed by atoms with E-state index in [1.54, 1.807) is 36.4 Å². The maximum atomic E-state index is 12.8.